The van der Waals surface area contributed by atoms with E-state index in [0.717, 1.165) is 5.56 Å². The van der Waals surface area contributed by atoms with E-state index < -0.39 is 0 Å². The number of carbonyl (C=O) groups excluding carboxylic acids is 3. The van der Waals surface area contributed by atoms with E-state index in [1.165, 1.54) is 13.2 Å². The first-order chi connectivity index (χ1) is 12.0. The average molecular weight is 343 g/mol. The molecule has 0 saturated heterocycles. The largest absolute Gasteiger partial charge is 0.459 e. The zero-order valence-corrected chi connectivity index (χ0v) is 14.2. The molecule has 0 bridgehead atoms. The van der Waals surface area contributed by atoms with Gasteiger partial charge in [-0.25, -0.2) is 0 Å². The maximum absolute atomic E-state index is 12.0. The summed E-state index contributed by atoms with van der Waals surface area (Å²) in [6, 6.07) is 8.53. The van der Waals surface area contributed by atoms with Crippen molar-refractivity contribution >= 4 is 29.1 Å². The zero-order chi connectivity index (χ0) is 18.2. The lowest BCUT2D eigenvalue weighted by atomic mass is 10.1. The average Bonchev–Trinajstić information content (AvgIpc) is 3.09. The summed E-state index contributed by atoms with van der Waals surface area (Å²) in [5.41, 5.74) is 2.10. The van der Waals surface area contributed by atoms with E-state index in [9.17, 15) is 14.4 Å². The molecule has 0 atom stereocenters. The molecule has 0 radical (unpaired) electrons. The van der Waals surface area contributed by atoms with Gasteiger partial charge in [0, 0.05) is 31.3 Å². The molecular weight excluding hydrogens is 322 g/mol. The second-order valence-electron chi connectivity index (χ2n) is 5.54. The van der Waals surface area contributed by atoms with Crippen molar-refractivity contribution in [2.45, 2.75) is 26.7 Å². The molecule has 2 aromatic rings. The predicted octanol–water partition coefficient (Wildman–Crippen LogP) is 2.70. The van der Waals surface area contributed by atoms with Crippen molar-refractivity contribution in [2.75, 3.05) is 17.2 Å². The summed E-state index contributed by atoms with van der Waals surface area (Å²) in [6.45, 7) is 3.63. The van der Waals surface area contributed by atoms with Crippen molar-refractivity contribution in [3.05, 3.63) is 47.9 Å². The van der Waals surface area contributed by atoms with E-state index >= 15 is 0 Å². The van der Waals surface area contributed by atoms with E-state index in [1.54, 1.807) is 30.3 Å². The van der Waals surface area contributed by atoms with Crippen molar-refractivity contribution in [1.29, 1.82) is 0 Å². The lowest BCUT2D eigenvalue weighted by Crippen LogP contribution is -2.25. The zero-order valence-electron chi connectivity index (χ0n) is 14.2. The minimum absolute atomic E-state index is 0.157. The SMILES string of the molecule is CC(=O)Nc1cccc(NC(=O)CCCNC(=O)c2ccco2)c1C. The molecule has 0 aliphatic rings. The maximum Gasteiger partial charge on any atom is 0.286 e. The molecular formula is C18H21N3O4. The van der Waals surface area contributed by atoms with Gasteiger partial charge in [-0.1, -0.05) is 6.07 Å². The van der Waals surface area contributed by atoms with Gasteiger partial charge in [-0.15, -0.1) is 0 Å². The fourth-order valence-corrected chi connectivity index (χ4v) is 2.25. The fourth-order valence-electron chi connectivity index (χ4n) is 2.25. The Hall–Kier alpha value is -3.09. The molecule has 0 saturated carbocycles. The van der Waals surface area contributed by atoms with Gasteiger partial charge in [0.15, 0.2) is 5.76 Å². The number of furan rings is 1. The third-order valence-electron chi connectivity index (χ3n) is 3.53. The van der Waals surface area contributed by atoms with E-state index in [1.807, 2.05) is 6.92 Å². The van der Waals surface area contributed by atoms with Gasteiger partial charge in [0.1, 0.15) is 0 Å². The molecule has 0 spiro atoms. The number of hydrogen-bond donors (Lipinski definition) is 3. The molecule has 0 fully saturated rings. The quantitative estimate of drug-likeness (QED) is 0.673. The molecule has 3 amide bonds. The molecule has 7 heteroatoms. The van der Waals surface area contributed by atoms with Gasteiger partial charge >= 0.3 is 0 Å². The van der Waals surface area contributed by atoms with Crippen LogP contribution >= 0.6 is 0 Å². The topological polar surface area (TPSA) is 100 Å². The fraction of sp³-hybridized carbons (Fsp3) is 0.278. The maximum atomic E-state index is 12.0. The van der Waals surface area contributed by atoms with Crippen LogP contribution in [-0.2, 0) is 9.59 Å². The van der Waals surface area contributed by atoms with Gasteiger partial charge in [0.05, 0.1) is 6.26 Å². The summed E-state index contributed by atoms with van der Waals surface area (Å²) in [5, 5.41) is 8.22. The Labute approximate surface area is 145 Å². The Morgan fingerprint density at radius 1 is 1.04 bits per heavy atom. The van der Waals surface area contributed by atoms with Crippen molar-refractivity contribution in [1.82, 2.24) is 5.32 Å². The lowest BCUT2D eigenvalue weighted by molar-refractivity contribution is -0.116. The summed E-state index contributed by atoms with van der Waals surface area (Å²) in [6.07, 6.45) is 2.20. The van der Waals surface area contributed by atoms with Gasteiger partial charge in [-0.05, 0) is 43.2 Å². The third-order valence-corrected chi connectivity index (χ3v) is 3.53. The van der Waals surface area contributed by atoms with E-state index in [4.69, 9.17) is 4.42 Å². The highest BCUT2D eigenvalue weighted by Crippen LogP contribution is 2.23. The third kappa shape index (κ3) is 5.49. The number of amides is 3. The molecule has 132 valence electrons. The highest BCUT2D eigenvalue weighted by Gasteiger charge is 2.10. The van der Waals surface area contributed by atoms with Gasteiger partial charge in [-0.2, -0.15) is 0 Å². The number of anilines is 2. The van der Waals surface area contributed by atoms with E-state index in [0.29, 0.717) is 24.3 Å². The Balaban J connectivity index is 1.78. The molecule has 1 aromatic heterocycles. The van der Waals surface area contributed by atoms with Gasteiger partial charge in [-0.3, -0.25) is 14.4 Å². The van der Waals surface area contributed by atoms with Gasteiger partial charge in [0.25, 0.3) is 5.91 Å². The van der Waals surface area contributed by atoms with Crippen molar-refractivity contribution < 1.29 is 18.8 Å². The van der Waals surface area contributed by atoms with Gasteiger partial charge in [0.2, 0.25) is 11.8 Å². The van der Waals surface area contributed by atoms with Crippen LogP contribution in [0.1, 0.15) is 35.9 Å². The van der Waals surface area contributed by atoms with Crippen LogP contribution in [0.2, 0.25) is 0 Å². The van der Waals surface area contributed by atoms with Crippen LogP contribution in [0.4, 0.5) is 11.4 Å². The molecule has 0 aliphatic heterocycles. The first-order valence-electron chi connectivity index (χ1n) is 7.96. The Kier molecular flexibility index (Phi) is 6.33. The molecule has 1 heterocycles. The van der Waals surface area contributed by atoms with Crippen LogP contribution in [0, 0.1) is 6.92 Å². The molecule has 1 aromatic carbocycles. The minimum atomic E-state index is -0.302. The van der Waals surface area contributed by atoms with E-state index in [-0.39, 0.29) is 29.9 Å². The van der Waals surface area contributed by atoms with Crippen LogP contribution < -0.4 is 16.0 Å². The highest BCUT2D eigenvalue weighted by molar-refractivity contribution is 5.95. The highest BCUT2D eigenvalue weighted by atomic mass is 16.3. The molecule has 7 nitrogen and oxygen atoms in total. The van der Waals surface area contributed by atoms with Crippen molar-refractivity contribution in [2.24, 2.45) is 0 Å². The normalized spacial score (nSPS) is 10.2. The molecule has 0 unspecified atom stereocenters. The molecule has 25 heavy (non-hydrogen) atoms. The first-order valence-corrected chi connectivity index (χ1v) is 7.96. The molecule has 3 N–H and O–H groups in total. The van der Waals surface area contributed by atoms with Crippen LogP contribution in [0.25, 0.3) is 0 Å². The molecule has 2 rings (SSSR count). The monoisotopic (exact) mass is 343 g/mol. The van der Waals surface area contributed by atoms with Crippen LogP contribution in [0.15, 0.2) is 41.0 Å². The Morgan fingerprint density at radius 3 is 2.40 bits per heavy atom. The number of hydrogen-bond acceptors (Lipinski definition) is 4. The molecule has 0 aliphatic carbocycles. The second kappa shape index (κ2) is 8.68. The van der Waals surface area contributed by atoms with Crippen molar-refractivity contribution in [3.63, 3.8) is 0 Å². The summed E-state index contributed by atoms with van der Waals surface area (Å²) < 4.78 is 4.98. The Bertz CT molecular complexity index is 754. The number of nitrogens with one attached hydrogen (secondary N) is 3. The first kappa shape index (κ1) is 18.3. The van der Waals surface area contributed by atoms with Gasteiger partial charge < -0.3 is 20.4 Å². The lowest BCUT2D eigenvalue weighted by Gasteiger charge is -2.12. The summed E-state index contributed by atoms with van der Waals surface area (Å²) in [4.78, 5) is 34.9. The number of carbonyl (C=O) groups is 3. The number of benzene rings is 1. The van der Waals surface area contributed by atoms with Crippen LogP contribution in [-0.4, -0.2) is 24.3 Å². The second-order valence-corrected chi connectivity index (χ2v) is 5.54. The minimum Gasteiger partial charge on any atom is -0.459 e. The summed E-state index contributed by atoms with van der Waals surface area (Å²) >= 11 is 0. The smallest absolute Gasteiger partial charge is 0.286 e. The predicted molar refractivity (Wildman–Crippen MR) is 94.4 cm³/mol. The summed E-state index contributed by atoms with van der Waals surface area (Å²) in [5.74, 6) is -0.381. The van der Waals surface area contributed by atoms with E-state index in [2.05, 4.69) is 16.0 Å². The van der Waals surface area contributed by atoms with Crippen molar-refractivity contribution in [3.8, 4) is 0 Å². The number of rotatable bonds is 7. The van der Waals surface area contributed by atoms with Crippen LogP contribution in [0.3, 0.4) is 0 Å². The Morgan fingerprint density at radius 2 is 1.76 bits per heavy atom. The standard InChI is InChI=1S/C18H21N3O4/c1-12-14(20-13(2)22)6-3-7-15(12)21-17(23)9-4-10-19-18(24)16-8-5-11-25-16/h3,5-8,11H,4,9-10H2,1-2H3,(H,19,24)(H,20,22)(H,21,23). The summed E-state index contributed by atoms with van der Waals surface area (Å²) in [7, 11) is 0. The van der Waals surface area contributed by atoms with Crippen LogP contribution in [0.5, 0.6) is 0 Å².